The molecule has 0 aliphatic heterocycles. The van der Waals surface area contributed by atoms with Gasteiger partial charge in [-0.2, -0.15) is 0 Å². The lowest BCUT2D eigenvalue weighted by molar-refractivity contribution is 0.0468. The SMILES string of the molecule is C=CCn1c(C)cc(C(=O)COC(=O)c2[nH]c(C)c(C(C)=O)c2C)c1C. The number of hydrogen-bond acceptors (Lipinski definition) is 4. The van der Waals surface area contributed by atoms with Crippen molar-refractivity contribution in [3.8, 4) is 0 Å². The van der Waals surface area contributed by atoms with Crippen LogP contribution in [0.5, 0.6) is 0 Å². The molecule has 6 nitrogen and oxygen atoms in total. The maximum Gasteiger partial charge on any atom is 0.355 e. The van der Waals surface area contributed by atoms with E-state index in [0.717, 1.165) is 11.4 Å². The molecule has 2 aromatic heterocycles. The van der Waals surface area contributed by atoms with Crippen LogP contribution in [0.3, 0.4) is 0 Å². The summed E-state index contributed by atoms with van der Waals surface area (Å²) in [5.74, 6) is -1.04. The van der Waals surface area contributed by atoms with Gasteiger partial charge >= 0.3 is 5.97 Å². The molecule has 0 bridgehead atoms. The van der Waals surface area contributed by atoms with Crippen molar-refractivity contribution in [3.63, 3.8) is 0 Å². The van der Waals surface area contributed by atoms with E-state index < -0.39 is 5.97 Å². The number of esters is 1. The van der Waals surface area contributed by atoms with E-state index in [1.807, 2.05) is 18.4 Å². The average Bonchev–Trinajstić information content (AvgIpc) is 3.02. The summed E-state index contributed by atoms with van der Waals surface area (Å²) in [7, 11) is 0. The zero-order chi connectivity index (χ0) is 19.6. The zero-order valence-electron chi connectivity index (χ0n) is 15.9. The molecule has 2 rings (SSSR count). The number of carbonyl (C=O) groups excluding carboxylic acids is 3. The minimum atomic E-state index is -0.647. The highest BCUT2D eigenvalue weighted by atomic mass is 16.5. The average molecular weight is 356 g/mol. The second kappa shape index (κ2) is 7.56. The van der Waals surface area contributed by atoms with Crippen molar-refractivity contribution in [1.29, 1.82) is 0 Å². The fourth-order valence-electron chi connectivity index (χ4n) is 3.26. The second-order valence-electron chi connectivity index (χ2n) is 6.36. The monoisotopic (exact) mass is 356 g/mol. The summed E-state index contributed by atoms with van der Waals surface area (Å²) in [4.78, 5) is 39.3. The molecule has 0 aliphatic rings. The van der Waals surface area contributed by atoms with E-state index in [9.17, 15) is 14.4 Å². The predicted molar refractivity (Wildman–Crippen MR) is 99.0 cm³/mol. The molecule has 26 heavy (non-hydrogen) atoms. The highest BCUT2D eigenvalue weighted by molar-refractivity contribution is 6.03. The predicted octanol–water partition coefficient (Wildman–Crippen LogP) is 3.48. The van der Waals surface area contributed by atoms with Gasteiger partial charge in [0.2, 0.25) is 5.78 Å². The number of aromatic amines is 1. The Morgan fingerprint density at radius 3 is 2.42 bits per heavy atom. The molecule has 1 N–H and O–H groups in total. The van der Waals surface area contributed by atoms with Crippen molar-refractivity contribution in [2.75, 3.05) is 6.61 Å². The van der Waals surface area contributed by atoms with E-state index in [2.05, 4.69) is 11.6 Å². The number of H-pyrrole nitrogens is 1. The van der Waals surface area contributed by atoms with Crippen LogP contribution >= 0.6 is 0 Å². The highest BCUT2D eigenvalue weighted by Crippen LogP contribution is 2.20. The summed E-state index contributed by atoms with van der Waals surface area (Å²) in [5, 5.41) is 0. The number of nitrogens with zero attached hydrogens (tertiary/aromatic N) is 1. The van der Waals surface area contributed by atoms with Crippen LogP contribution in [0.4, 0.5) is 0 Å². The maximum atomic E-state index is 12.5. The Morgan fingerprint density at radius 2 is 1.88 bits per heavy atom. The van der Waals surface area contributed by atoms with Crippen LogP contribution in [0.25, 0.3) is 0 Å². The molecule has 0 fully saturated rings. The summed E-state index contributed by atoms with van der Waals surface area (Å²) in [6.07, 6.45) is 1.76. The van der Waals surface area contributed by atoms with E-state index in [4.69, 9.17) is 4.74 Å². The van der Waals surface area contributed by atoms with Crippen LogP contribution in [-0.4, -0.2) is 33.7 Å². The number of carbonyl (C=O) groups is 3. The van der Waals surface area contributed by atoms with Crippen molar-refractivity contribution >= 4 is 17.5 Å². The maximum absolute atomic E-state index is 12.5. The molecule has 0 aromatic carbocycles. The normalized spacial score (nSPS) is 10.7. The Balaban J connectivity index is 2.14. The molecule has 0 saturated heterocycles. The van der Waals surface area contributed by atoms with Gasteiger partial charge in [0.25, 0.3) is 0 Å². The molecule has 2 heterocycles. The van der Waals surface area contributed by atoms with E-state index in [1.165, 1.54) is 6.92 Å². The number of allylic oxidation sites excluding steroid dienone is 1. The van der Waals surface area contributed by atoms with Gasteiger partial charge in [0.15, 0.2) is 12.4 Å². The first kappa shape index (κ1) is 19.4. The number of ether oxygens (including phenoxy) is 1. The molecular weight excluding hydrogens is 332 g/mol. The Bertz CT molecular complexity index is 900. The number of Topliss-reactive ketones (excluding diaryl/α,β-unsaturated/α-hetero) is 2. The van der Waals surface area contributed by atoms with Crippen LogP contribution < -0.4 is 0 Å². The first-order valence-electron chi connectivity index (χ1n) is 8.37. The van der Waals surface area contributed by atoms with Crippen molar-refractivity contribution in [3.05, 3.63) is 58.2 Å². The van der Waals surface area contributed by atoms with Crippen molar-refractivity contribution in [2.45, 2.75) is 41.2 Å². The summed E-state index contributed by atoms with van der Waals surface area (Å²) in [6.45, 7) is 12.6. The Hall–Kier alpha value is -2.89. The Morgan fingerprint density at radius 1 is 1.23 bits per heavy atom. The molecule has 6 heteroatoms. The fourth-order valence-corrected chi connectivity index (χ4v) is 3.26. The molecule has 0 radical (unpaired) electrons. The molecule has 0 spiro atoms. The molecular formula is C20H24N2O4. The minimum absolute atomic E-state index is 0.124. The van der Waals surface area contributed by atoms with E-state index >= 15 is 0 Å². The van der Waals surface area contributed by atoms with Gasteiger partial charge < -0.3 is 14.3 Å². The van der Waals surface area contributed by atoms with Crippen LogP contribution in [0.2, 0.25) is 0 Å². The van der Waals surface area contributed by atoms with Gasteiger partial charge in [0.1, 0.15) is 5.69 Å². The first-order valence-corrected chi connectivity index (χ1v) is 8.37. The Kier molecular flexibility index (Phi) is 5.65. The zero-order valence-corrected chi connectivity index (χ0v) is 15.9. The number of rotatable bonds is 7. The third kappa shape index (κ3) is 3.54. The summed E-state index contributed by atoms with van der Waals surface area (Å²) >= 11 is 0. The van der Waals surface area contributed by atoms with Crippen LogP contribution in [0.15, 0.2) is 18.7 Å². The van der Waals surface area contributed by atoms with Crippen LogP contribution in [-0.2, 0) is 11.3 Å². The van der Waals surface area contributed by atoms with Gasteiger partial charge in [-0.05, 0) is 46.2 Å². The lowest BCUT2D eigenvalue weighted by Crippen LogP contribution is -2.16. The molecule has 0 aliphatic carbocycles. The van der Waals surface area contributed by atoms with Crippen molar-refractivity contribution in [2.24, 2.45) is 0 Å². The molecule has 0 saturated carbocycles. The van der Waals surface area contributed by atoms with Gasteiger partial charge in [-0.1, -0.05) is 6.08 Å². The van der Waals surface area contributed by atoms with Crippen molar-refractivity contribution < 1.29 is 19.1 Å². The summed E-state index contributed by atoms with van der Waals surface area (Å²) in [6, 6.07) is 1.78. The highest BCUT2D eigenvalue weighted by Gasteiger charge is 2.22. The topological polar surface area (TPSA) is 81.2 Å². The van der Waals surface area contributed by atoms with E-state index in [-0.39, 0.29) is 23.9 Å². The fraction of sp³-hybridized carbons (Fsp3) is 0.350. The van der Waals surface area contributed by atoms with Crippen LogP contribution in [0.1, 0.15) is 60.8 Å². The molecule has 0 unspecified atom stereocenters. The quantitative estimate of drug-likeness (QED) is 0.468. The minimum Gasteiger partial charge on any atom is -0.453 e. The third-order valence-electron chi connectivity index (χ3n) is 4.51. The molecule has 0 amide bonds. The van der Waals surface area contributed by atoms with Crippen LogP contribution in [0, 0.1) is 27.7 Å². The Labute approximate surface area is 152 Å². The lowest BCUT2D eigenvalue weighted by Gasteiger charge is -2.07. The number of aromatic nitrogens is 2. The van der Waals surface area contributed by atoms with E-state index in [0.29, 0.717) is 28.9 Å². The summed E-state index contributed by atoms with van der Waals surface area (Å²) < 4.78 is 7.15. The molecule has 138 valence electrons. The molecule has 0 atom stereocenters. The smallest absolute Gasteiger partial charge is 0.355 e. The van der Waals surface area contributed by atoms with Gasteiger partial charge in [-0.3, -0.25) is 9.59 Å². The largest absolute Gasteiger partial charge is 0.453 e. The number of aryl methyl sites for hydroxylation is 2. The first-order chi connectivity index (χ1) is 12.2. The summed E-state index contributed by atoms with van der Waals surface area (Å²) in [5.41, 5.74) is 4.13. The third-order valence-corrected chi connectivity index (χ3v) is 4.51. The second-order valence-corrected chi connectivity index (χ2v) is 6.36. The number of ketones is 2. The lowest BCUT2D eigenvalue weighted by atomic mass is 10.1. The van der Waals surface area contributed by atoms with Gasteiger partial charge in [-0.25, -0.2) is 4.79 Å². The number of nitrogens with one attached hydrogen (secondary N) is 1. The van der Waals surface area contributed by atoms with Gasteiger partial charge in [0.05, 0.1) is 0 Å². The standard InChI is InChI=1S/C20H24N2O4/c1-7-8-22-11(2)9-16(14(22)5)17(24)10-26-20(25)19-12(3)18(15(6)23)13(4)21-19/h7,9,21H,1,8,10H2,2-6H3. The number of hydrogen-bond donors (Lipinski definition) is 1. The van der Waals surface area contributed by atoms with Crippen molar-refractivity contribution in [1.82, 2.24) is 9.55 Å². The van der Waals surface area contributed by atoms with Gasteiger partial charge in [0, 0.05) is 34.8 Å². The molecule has 2 aromatic rings. The van der Waals surface area contributed by atoms with E-state index in [1.54, 1.807) is 26.0 Å². The van der Waals surface area contributed by atoms with Gasteiger partial charge in [-0.15, -0.1) is 6.58 Å².